The van der Waals surface area contributed by atoms with E-state index in [0.717, 1.165) is 12.1 Å². The van der Waals surface area contributed by atoms with E-state index in [9.17, 15) is 18.0 Å². The molecule has 0 aliphatic rings. The number of carbonyl (C=O) groups is 1. The van der Waals surface area contributed by atoms with Crippen molar-refractivity contribution in [1.29, 1.82) is 0 Å². The van der Waals surface area contributed by atoms with Crippen LogP contribution in [-0.2, 0) is 6.18 Å². The molecule has 0 spiro atoms. The lowest BCUT2D eigenvalue weighted by Gasteiger charge is -2.07. The first-order valence-corrected chi connectivity index (χ1v) is 6.88. The Morgan fingerprint density at radius 3 is 2.41 bits per heavy atom. The number of alkyl halides is 3. The van der Waals surface area contributed by atoms with Gasteiger partial charge in [0.1, 0.15) is 0 Å². The van der Waals surface area contributed by atoms with Crippen LogP contribution in [0.15, 0.2) is 48.5 Å². The second kappa shape index (κ2) is 6.55. The first kappa shape index (κ1) is 16.6. The predicted octanol–water partition coefficient (Wildman–Crippen LogP) is 5.91. The van der Waals surface area contributed by atoms with Gasteiger partial charge in [0.05, 0.1) is 5.56 Å². The molecule has 22 heavy (non-hydrogen) atoms. The van der Waals surface area contributed by atoms with Gasteiger partial charge in [0.15, 0.2) is 5.78 Å². The third-order valence-corrected chi connectivity index (χ3v) is 3.41. The molecule has 2 rings (SSSR count). The number of rotatable bonds is 3. The highest BCUT2D eigenvalue weighted by Gasteiger charge is 2.30. The quantitative estimate of drug-likeness (QED) is 0.499. The van der Waals surface area contributed by atoms with Crippen LogP contribution in [-0.4, -0.2) is 5.78 Å². The van der Waals surface area contributed by atoms with Crippen molar-refractivity contribution < 1.29 is 18.0 Å². The van der Waals surface area contributed by atoms with Crippen molar-refractivity contribution in [3.63, 3.8) is 0 Å². The van der Waals surface area contributed by atoms with Gasteiger partial charge in [-0.2, -0.15) is 13.2 Å². The highest BCUT2D eigenvalue weighted by molar-refractivity contribution is 6.35. The first-order chi connectivity index (χ1) is 10.3. The number of ketones is 1. The number of benzene rings is 2. The van der Waals surface area contributed by atoms with Crippen LogP contribution in [0.25, 0.3) is 6.08 Å². The van der Waals surface area contributed by atoms with Gasteiger partial charge < -0.3 is 0 Å². The first-order valence-electron chi connectivity index (χ1n) is 6.12. The van der Waals surface area contributed by atoms with Gasteiger partial charge >= 0.3 is 6.18 Å². The Labute approximate surface area is 135 Å². The number of carbonyl (C=O) groups excluding carboxylic acids is 1. The number of hydrogen-bond donors (Lipinski definition) is 0. The maximum absolute atomic E-state index is 12.6. The minimum absolute atomic E-state index is 0.0452. The fourth-order valence-corrected chi connectivity index (χ4v) is 2.22. The summed E-state index contributed by atoms with van der Waals surface area (Å²) in [6, 6.07) is 8.97. The zero-order valence-electron chi connectivity index (χ0n) is 11.0. The Hall–Kier alpha value is -1.78. The molecule has 0 N–H and O–H groups in total. The van der Waals surface area contributed by atoms with E-state index in [1.807, 2.05) is 0 Å². The van der Waals surface area contributed by atoms with E-state index < -0.39 is 17.5 Å². The van der Waals surface area contributed by atoms with Crippen molar-refractivity contribution in [1.82, 2.24) is 0 Å². The van der Waals surface area contributed by atoms with Crippen LogP contribution in [0.5, 0.6) is 0 Å². The summed E-state index contributed by atoms with van der Waals surface area (Å²) >= 11 is 11.7. The summed E-state index contributed by atoms with van der Waals surface area (Å²) in [6.45, 7) is 0. The molecule has 0 atom stereocenters. The molecule has 0 saturated carbocycles. The van der Waals surface area contributed by atoms with Crippen molar-refractivity contribution >= 4 is 35.1 Å². The fourth-order valence-electron chi connectivity index (χ4n) is 1.75. The molecule has 0 aromatic heterocycles. The summed E-state index contributed by atoms with van der Waals surface area (Å²) in [7, 11) is 0. The van der Waals surface area contributed by atoms with Gasteiger partial charge in [-0.1, -0.05) is 41.4 Å². The smallest absolute Gasteiger partial charge is 0.289 e. The minimum Gasteiger partial charge on any atom is -0.289 e. The lowest BCUT2D eigenvalue weighted by atomic mass is 10.1. The van der Waals surface area contributed by atoms with Crippen molar-refractivity contribution in [2.45, 2.75) is 6.18 Å². The highest BCUT2D eigenvalue weighted by Crippen LogP contribution is 2.29. The molecule has 0 aliphatic carbocycles. The molecule has 0 saturated heterocycles. The molecule has 0 unspecified atom stereocenters. The Kier molecular flexibility index (Phi) is 4.94. The van der Waals surface area contributed by atoms with Crippen LogP contribution in [0.4, 0.5) is 13.2 Å². The summed E-state index contributed by atoms with van der Waals surface area (Å²) in [4.78, 5) is 12.0. The summed E-state index contributed by atoms with van der Waals surface area (Å²) in [5, 5.41) is 0.798. The highest BCUT2D eigenvalue weighted by atomic mass is 35.5. The summed E-state index contributed by atoms with van der Waals surface area (Å²) in [6.07, 6.45) is -1.88. The fraction of sp³-hybridized carbons (Fsp3) is 0.0625. The Morgan fingerprint density at radius 2 is 1.77 bits per heavy atom. The molecular weight excluding hydrogens is 336 g/mol. The molecule has 0 aliphatic heterocycles. The van der Waals surface area contributed by atoms with E-state index in [0.29, 0.717) is 15.6 Å². The Bertz CT molecular complexity index is 736. The second-order valence-electron chi connectivity index (χ2n) is 4.44. The molecule has 1 nitrogen and oxygen atoms in total. The van der Waals surface area contributed by atoms with E-state index in [1.54, 1.807) is 12.1 Å². The molecule has 0 bridgehead atoms. The van der Waals surface area contributed by atoms with E-state index >= 15 is 0 Å². The summed E-state index contributed by atoms with van der Waals surface area (Å²) in [5.74, 6) is -0.544. The van der Waals surface area contributed by atoms with Crippen molar-refractivity contribution in [2.75, 3.05) is 0 Å². The number of hydrogen-bond acceptors (Lipinski definition) is 1. The Balaban J connectivity index is 2.24. The molecule has 2 aromatic carbocycles. The molecule has 0 radical (unpaired) electrons. The largest absolute Gasteiger partial charge is 0.416 e. The minimum atomic E-state index is -4.49. The molecule has 0 fully saturated rings. The Morgan fingerprint density at radius 1 is 1.05 bits per heavy atom. The average molecular weight is 345 g/mol. The molecule has 2 aromatic rings. The van der Waals surface area contributed by atoms with E-state index in [1.165, 1.54) is 30.4 Å². The topological polar surface area (TPSA) is 17.1 Å². The zero-order valence-corrected chi connectivity index (χ0v) is 12.5. The van der Waals surface area contributed by atoms with Crippen LogP contribution < -0.4 is 0 Å². The van der Waals surface area contributed by atoms with Crippen LogP contribution in [0, 0.1) is 0 Å². The summed E-state index contributed by atoms with van der Waals surface area (Å²) in [5.41, 5.74) is -0.362. The standard InChI is InChI=1S/C16H9Cl2F3O/c17-13-6-4-10(14(18)9-13)5-7-15(22)11-2-1-3-12(8-11)16(19,20)21/h1-9H. The van der Waals surface area contributed by atoms with Crippen molar-refractivity contribution in [3.05, 3.63) is 75.3 Å². The van der Waals surface area contributed by atoms with Crippen LogP contribution in [0.3, 0.4) is 0 Å². The monoisotopic (exact) mass is 344 g/mol. The normalized spacial score (nSPS) is 11.9. The van der Waals surface area contributed by atoms with Gasteiger partial charge in [-0.15, -0.1) is 0 Å². The third kappa shape index (κ3) is 4.12. The van der Waals surface area contributed by atoms with E-state index in [2.05, 4.69) is 0 Å². The second-order valence-corrected chi connectivity index (χ2v) is 5.29. The number of halogens is 5. The molecule has 0 amide bonds. The van der Waals surface area contributed by atoms with Gasteiger partial charge in [0.2, 0.25) is 0 Å². The third-order valence-electron chi connectivity index (χ3n) is 2.85. The van der Waals surface area contributed by atoms with Gasteiger partial charge in [-0.25, -0.2) is 0 Å². The van der Waals surface area contributed by atoms with Gasteiger partial charge in [-0.05, 0) is 42.0 Å². The SMILES string of the molecule is O=C(C=Cc1ccc(Cl)cc1Cl)c1cccc(C(F)(F)F)c1. The molecule has 0 heterocycles. The molecular formula is C16H9Cl2F3O. The maximum Gasteiger partial charge on any atom is 0.416 e. The lowest BCUT2D eigenvalue weighted by molar-refractivity contribution is -0.137. The van der Waals surface area contributed by atoms with Gasteiger partial charge in [-0.3, -0.25) is 4.79 Å². The van der Waals surface area contributed by atoms with Gasteiger partial charge in [0, 0.05) is 15.6 Å². The van der Waals surface area contributed by atoms with Crippen molar-refractivity contribution in [3.8, 4) is 0 Å². The predicted molar refractivity (Wildman–Crippen MR) is 81.3 cm³/mol. The van der Waals surface area contributed by atoms with E-state index in [-0.39, 0.29) is 5.56 Å². The lowest BCUT2D eigenvalue weighted by Crippen LogP contribution is -2.06. The van der Waals surface area contributed by atoms with Crippen LogP contribution in [0.2, 0.25) is 10.0 Å². The van der Waals surface area contributed by atoms with Crippen LogP contribution in [0.1, 0.15) is 21.5 Å². The molecule has 114 valence electrons. The number of allylic oxidation sites excluding steroid dienone is 1. The average Bonchev–Trinajstić information content (AvgIpc) is 2.45. The van der Waals surface area contributed by atoms with Gasteiger partial charge in [0.25, 0.3) is 0 Å². The summed E-state index contributed by atoms with van der Waals surface area (Å²) < 4.78 is 37.8. The van der Waals surface area contributed by atoms with Crippen molar-refractivity contribution in [2.24, 2.45) is 0 Å². The van der Waals surface area contributed by atoms with E-state index in [4.69, 9.17) is 23.2 Å². The maximum atomic E-state index is 12.6. The zero-order chi connectivity index (χ0) is 16.3. The molecule has 6 heteroatoms. The van der Waals surface area contributed by atoms with Crippen LogP contribution >= 0.6 is 23.2 Å².